The average Bonchev–Trinajstić information content (AvgIpc) is 2.58. The molecule has 2 aromatic carbocycles. The van der Waals surface area contributed by atoms with Crippen LogP contribution in [-0.4, -0.2) is 24.0 Å². The van der Waals surface area contributed by atoms with Gasteiger partial charge in [-0.25, -0.2) is 0 Å². The van der Waals surface area contributed by atoms with Gasteiger partial charge in [0.25, 0.3) is 5.69 Å². The molecule has 0 saturated carbocycles. The van der Waals surface area contributed by atoms with Gasteiger partial charge in [-0.15, -0.1) is 0 Å². The number of nitrogens with zero attached hydrogens (tertiary/aromatic N) is 2. The Balaban J connectivity index is 1.94. The van der Waals surface area contributed by atoms with Crippen LogP contribution in [0.5, 0.6) is 5.75 Å². The number of non-ortho nitro benzene ring substituents is 1. The highest BCUT2D eigenvalue weighted by molar-refractivity contribution is 5.94. The quantitative estimate of drug-likeness (QED) is 0.562. The molecule has 6 nitrogen and oxygen atoms in total. The van der Waals surface area contributed by atoms with Crippen LogP contribution in [0.1, 0.15) is 24.5 Å². The van der Waals surface area contributed by atoms with Gasteiger partial charge in [-0.2, -0.15) is 0 Å². The van der Waals surface area contributed by atoms with E-state index in [9.17, 15) is 14.9 Å². The molecular weight excluding hydrogens is 320 g/mol. The number of carbonyl (C=O) groups excluding carboxylic acids is 1. The molecule has 0 fully saturated rings. The molecule has 0 aliphatic carbocycles. The average molecular weight is 342 g/mol. The van der Waals surface area contributed by atoms with Crippen LogP contribution in [0.3, 0.4) is 0 Å². The highest BCUT2D eigenvalue weighted by atomic mass is 16.6. The number of amides is 1. The number of nitro benzene ring substituents is 1. The fraction of sp³-hybridized carbons (Fsp3) is 0.316. The first-order valence-electron chi connectivity index (χ1n) is 8.17. The molecule has 0 bridgehead atoms. The topological polar surface area (TPSA) is 72.7 Å². The zero-order valence-electron chi connectivity index (χ0n) is 14.7. The molecule has 0 N–H and O–H groups in total. The molecular formula is C19H22N2O4. The van der Waals surface area contributed by atoms with Gasteiger partial charge in [0.2, 0.25) is 5.91 Å². The Labute approximate surface area is 147 Å². The van der Waals surface area contributed by atoms with Crippen molar-refractivity contribution in [3.05, 3.63) is 63.7 Å². The molecule has 0 saturated heterocycles. The fourth-order valence-electron chi connectivity index (χ4n) is 2.64. The first-order chi connectivity index (χ1) is 11.9. The lowest BCUT2D eigenvalue weighted by atomic mass is 10.1. The number of carbonyl (C=O) groups is 1. The maximum absolute atomic E-state index is 12.5. The van der Waals surface area contributed by atoms with E-state index in [2.05, 4.69) is 6.07 Å². The predicted octanol–water partition coefficient (Wildman–Crippen LogP) is 4.03. The smallest absolute Gasteiger partial charge is 0.269 e. The standard InChI is InChI=1S/C19H22N2O4/c1-4-20(18-10-5-14(2)13-15(18)3)19(22)11-12-25-17-8-6-16(7-9-17)21(23)24/h5-10,13H,4,11-12H2,1-3H3. The van der Waals surface area contributed by atoms with Crippen LogP contribution in [0.2, 0.25) is 0 Å². The molecule has 0 aliphatic rings. The Bertz CT molecular complexity index is 757. The Morgan fingerprint density at radius 3 is 2.40 bits per heavy atom. The Morgan fingerprint density at radius 1 is 1.16 bits per heavy atom. The Kier molecular flexibility index (Phi) is 6.11. The van der Waals surface area contributed by atoms with E-state index in [1.807, 2.05) is 32.9 Å². The van der Waals surface area contributed by atoms with Crippen LogP contribution in [0, 0.1) is 24.0 Å². The number of rotatable bonds is 7. The van der Waals surface area contributed by atoms with Crippen molar-refractivity contribution in [1.29, 1.82) is 0 Å². The van der Waals surface area contributed by atoms with E-state index in [4.69, 9.17) is 4.74 Å². The van der Waals surface area contributed by atoms with E-state index >= 15 is 0 Å². The SMILES string of the molecule is CCN(C(=O)CCOc1ccc([N+](=O)[O-])cc1)c1ccc(C)cc1C. The highest BCUT2D eigenvalue weighted by Crippen LogP contribution is 2.22. The number of anilines is 1. The van der Waals surface area contributed by atoms with Gasteiger partial charge in [0.1, 0.15) is 5.75 Å². The Morgan fingerprint density at radius 2 is 1.84 bits per heavy atom. The number of benzene rings is 2. The first-order valence-corrected chi connectivity index (χ1v) is 8.17. The van der Waals surface area contributed by atoms with Crippen molar-refractivity contribution < 1.29 is 14.5 Å². The van der Waals surface area contributed by atoms with Crippen molar-refractivity contribution in [2.45, 2.75) is 27.2 Å². The molecule has 0 aliphatic heterocycles. The third-order valence-electron chi connectivity index (χ3n) is 3.89. The van der Waals surface area contributed by atoms with Gasteiger partial charge in [0.15, 0.2) is 0 Å². The van der Waals surface area contributed by atoms with Crippen molar-refractivity contribution in [1.82, 2.24) is 0 Å². The molecule has 0 atom stereocenters. The number of hydrogen-bond donors (Lipinski definition) is 0. The minimum Gasteiger partial charge on any atom is -0.493 e. The van der Waals surface area contributed by atoms with Gasteiger partial charge in [0, 0.05) is 24.4 Å². The highest BCUT2D eigenvalue weighted by Gasteiger charge is 2.16. The summed E-state index contributed by atoms with van der Waals surface area (Å²) in [5.41, 5.74) is 3.14. The number of hydrogen-bond acceptors (Lipinski definition) is 4. The first kappa shape index (κ1) is 18.4. The van der Waals surface area contributed by atoms with Crippen LogP contribution >= 0.6 is 0 Å². The minimum absolute atomic E-state index is 0.00966. The van der Waals surface area contributed by atoms with Gasteiger partial charge in [-0.05, 0) is 44.5 Å². The van der Waals surface area contributed by atoms with Crippen molar-refractivity contribution in [2.24, 2.45) is 0 Å². The molecule has 132 valence electrons. The number of nitro groups is 1. The molecule has 2 aromatic rings. The fourth-order valence-corrected chi connectivity index (χ4v) is 2.64. The second-order valence-corrected chi connectivity index (χ2v) is 5.78. The molecule has 1 amide bonds. The molecule has 0 spiro atoms. The lowest BCUT2D eigenvalue weighted by molar-refractivity contribution is -0.384. The minimum atomic E-state index is -0.462. The summed E-state index contributed by atoms with van der Waals surface area (Å²) in [4.78, 5) is 24.4. The van der Waals surface area contributed by atoms with E-state index in [-0.39, 0.29) is 24.6 Å². The summed E-state index contributed by atoms with van der Waals surface area (Å²) in [6.45, 7) is 6.76. The third kappa shape index (κ3) is 4.79. The molecule has 0 unspecified atom stereocenters. The molecule has 0 radical (unpaired) electrons. The van der Waals surface area contributed by atoms with Crippen molar-refractivity contribution in [3.8, 4) is 5.75 Å². The van der Waals surface area contributed by atoms with E-state index in [0.29, 0.717) is 12.3 Å². The lowest BCUT2D eigenvalue weighted by Crippen LogP contribution is -2.32. The zero-order valence-corrected chi connectivity index (χ0v) is 14.7. The lowest BCUT2D eigenvalue weighted by Gasteiger charge is -2.23. The summed E-state index contributed by atoms with van der Waals surface area (Å²) >= 11 is 0. The summed E-state index contributed by atoms with van der Waals surface area (Å²) < 4.78 is 5.52. The van der Waals surface area contributed by atoms with E-state index in [1.165, 1.54) is 24.3 Å². The monoisotopic (exact) mass is 342 g/mol. The summed E-state index contributed by atoms with van der Waals surface area (Å²) in [6, 6.07) is 11.8. The predicted molar refractivity (Wildman–Crippen MR) is 97.2 cm³/mol. The summed E-state index contributed by atoms with van der Waals surface area (Å²) in [6.07, 6.45) is 0.234. The van der Waals surface area contributed by atoms with Gasteiger partial charge in [-0.1, -0.05) is 17.7 Å². The van der Waals surface area contributed by atoms with Crippen LogP contribution in [0.15, 0.2) is 42.5 Å². The molecule has 25 heavy (non-hydrogen) atoms. The number of aryl methyl sites for hydroxylation is 2. The van der Waals surface area contributed by atoms with Crippen molar-refractivity contribution >= 4 is 17.3 Å². The van der Waals surface area contributed by atoms with Crippen molar-refractivity contribution in [3.63, 3.8) is 0 Å². The summed E-state index contributed by atoms with van der Waals surface area (Å²) in [7, 11) is 0. The third-order valence-corrected chi connectivity index (χ3v) is 3.89. The maximum Gasteiger partial charge on any atom is 0.269 e. The second kappa shape index (κ2) is 8.28. The van der Waals surface area contributed by atoms with E-state index in [1.54, 1.807) is 4.90 Å². The molecule has 0 heterocycles. The molecule has 6 heteroatoms. The molecule has 0 aromatic heterocycles. The van der Waals surface area contributed by atoms with Crippen LogP contribution in [0.25, 0.3) is 0 Å². The van der Waals surface area contributed by atoms with E-state index < -0.39 is 4.92 Å². The molecule has 2 rings (SSSR count). The second-order valence-electron chi connectivity index (χ2n) is 5.78. The van der Waals surface area contributed by atoms with Crippen LogP contribution in [0.4, 0.5) is 11.4 Å². The summed E-state index contributed by atoms with van der Waals surface area (Å²) in [5, 5.41) is 10.6. The van der Waals surface area contributed by atoms with Gasteiger partial charge < -0.3 is 9.64 Å². The van der Waals surface area contributed by atoms with E-state index in [0.717, 1.165) is 16.8 Å². The summed E-state index contributed by atoms with van der Waals surface area (Å²) in [5.74, 6) is 0.490. The Hall–Kier alpha value is -2.89. The van der Waals surface area contributed by atoms with Gasteiger partial charge in [-0.3, -0.25) is 14.9 Å². The van der Waals surface area contributed by atoms with Crippen LogP contribution in [-0.2, 0) is 4.79 Å². The number of ether oxygens (including phenoxy) is 1. The normalized spacial score (nSPS) is 10.4. The zero-order chi connectivity index (χ0) is 18.4. The van der Waals surface area contributed by atoms with Crippen molar-refractivity contribution in [2.75, 3.05) is 18.1 Å². The maximum atomic E-state index is 12.5. The largest absolute Gasteiger partial charge is 0.493 e. The van der Waals surface area contributed by atoms with Gasteiger partial charge in [0.05, 0.1) is 18.0 Å². The van der Waals surface area contributed by atoms with Gasteiger partial charge >= 0.3 is 0 Å². The van der Waals surface area contributed by atoms with Crippen LogP contribution < -0.4 is 9.64 Å².